The van der Waals surface area contributed by atoms with Crippen molar-refractivity contribution < 1.29 is 9.47 Å². The molecule has 2 heterocycles. The second-order valence-corrected chi connectivity index (χ2v) is 6.60. The molecule has 1 aromatic rings. The number of ether oxygens (including phenoxy) is 2. The van der Waals surface area contributed by atoms with Crippen molar-refractivity contribution in [3.05, 3.63) is 23.8 Å². The zero-order valence-corrected chi connectivity index (χ0v) is 18.1. The van der Waals surface area contributed by atoms with Crippen molar-refractivity contribution in [1.29, 1.82) is 0 Å². The van der Waals surface area contributed by atoms with E-state index in [-0.39, 0.29) is 24.0 Å². The highest BCUT2D eigenvalue weighted by atomic mass is 127. The van der Waals surface area contributed by atoms with Gasteiger partial charge in [0.15, 0.2) is 17.5 Å². The Bertz CT molecular complexity index is 597. The van der Waals surface area contributed by atoms with Gasteiger partial charge in [-0.2, -0.15) is 0 Å². The Morgan fingerprint density at radius 1 is 1.23 bits per heavy atom. The van der Waals surface area contributed by atoms with E-state index in [1.54, 1.807) is 0 Å². The summed E-state index contributed by atoms with van der Waals surface area (Å²) in [7, 11) is 1.83. The molecule has 0 bridgehead atoms. The predicted octanol–water partition coefficient (Wildman–Crippen LogP) is 2.62. The van der Waals surface area contributed by atoms with Crippen LogP contribution in [0.3, 0.4) is 0 Å². The SMILES string of the molecule is CCN1CCCCC1CNC(=NC)NCCc1ccc2c(c1)OCO2.I. The van der Waals surface area contributed by atoms with E-state index in [2.05, 4.69) is 39.6 Å². The van der Waals surface area contributed by atoms with Crippen LogP contribution in [0.1, 0.15) is 31.7 Å². The molecule has 3 rings (SSSR count). The minimum absolute atomic E-state index is 0. The molecule has 0 amide bonds. The van der Waals surface area contributed by atoms with Gasteiger partial charge in [-0.15, -0.1) is 24.0 Å². The average Bonchev–Trinajstić information content (AvgIpc) is 3.12. The third kappa shape index (κ3) is 5.64. The number of guanidine groups is 1. The van der Waals surface area contributed by atoms with Crippen molar-refractivity contribution in [1.82, 2.24) is 15.5 Å². The summed E-state index contributed by atoms with van der Waals surface area (Å²) < 4.78 is 10.8. The number of piperidine rings is 1. The van der Waals surface area contributed by atoms with Crippen LogP contribution in [0.25, 0.3) is 0 Å². The van der Waals surface area contributed by atoms with Crippen LogP contribution in [0.15, 0.2) is 23.2 Å². The van der Waals surface area contributed by atoms with Crippen molar-refractivity contribution in [3.63, 3.8) is 0 Å². The Labute approximate surface area is 173 Å². The summed E-state index contributed by atoms with van der Waals surface area (Å²) in [5.74, 6) is 2.56. The number of aliphatic imine (C=N–C) groups is 1. The topological polar surface area (TPSA) is 58.1 Å². The monoisotopic (exact) mass is 474 g/mol. The third-order valence-corrected chi connectivity index (χ3v) is 5.03. The maximum absolute atomic E-state index is 5.43. The number of benzene rings is 1. The number of nitrogens with zero attached hydrogens (tertiary/aromatic N) is 2. The minimum atomic E-state index is 0. The number of hydrogen-bond donors (Lipinski definition) is 2. The molecule has 0 aliphatic carbocycles. The molecule has 1 atom stereocenters. The Hall–Kier alpha value is -1.22. The summed E-state index contributed by atoms with van der Waals surface area (Å²) in [5, 5.41) is 6.89. The molecule has 7 heteroatoms. The first-order chi connectivity index (χ1) is 12.3. The molecule has 26 heavy (non-hydrogen) atoms. The number of likely N-dealkylation sites (tertiary alicyclic amines) is 1. The molecular weight excluding hydrogens is 443 g/mol. The molecule has 2 aliphatic rings. The molecule has 0 aromatic heterocycles. The fourth-order valence-electron chi connectivity index (χ4n) is 3.56. The Kier molecular flexibility index (Phi) is 8.77. The summed E-state index contributed by atoms with van der Waals surface area (Å²) in [6, 6.07) is 6.74. The third-order valence-electron chi connectivity index (χ3n) is 5.03. The lowest BCUT2D eigenvalue weighted by atomic mass is 10.0. The average molecular weight is 474 g/mol. The maximum Gasteiger partial charge on any atom is 0.231 e. The highest BCUT2D eigenvalue weighted by Crippen LogP contribution is 2.32. The lowest BCUT2D eigenvalue weighted by molar-refractivity contribution is 0.157. The number of hydrogen-bond acceptors (Lipinski definition) is 4. The fourth-order valence-corrected chi connectivity index (χ4v) is 3.56. The first-order valence-corrected chi connectivity index (χ1v) is 9.37. The van der Waals surface area contributed by atoms with Crippen molar-refractivity contribution in [3.8, 4) is 11.5 Å². The molecule has 2 aliphatic heterocycles. The van der Waals surface area contributed by atoms with Crippen LogP contribution < -0.4 is 20.1 Å². The van der Waals surface area contributed by atoms with E-state index in [0.717, 1.165) is 43.5 Å². The first-order valence-electron chi connectivity index (χ1n) is 9.37. The zero-order chi connectivity index (χ0) is 17.5. The minimum Gasteiger partial charge on any atom is -0.454 e. The molecule has 146 valence electrons. The van der Waals surface area contributed by atoms with Crippen molar-refractivity contribution in [2.75, 3.05) is 40.0 Å². The van der Waals surface area contributed by atoms with Crippen molar-refractivity contribution in [2.24, 2.45) is 4.99 Å². The van der Waals surface area contributed by atoms with Gasteiger partial charge in [-0.25, -0.2) is 0 Å². The van der Waals surface area contributed by atoms with Crippen LogP contribution in [0.5, 0.6) is 11.5 Å². The number of fused-ring (bicyclic) bond motifs is 1. The van der Waals surface area contributed by atoms with Gasteiger partial charge in [-0.05, 0) is 50.0 Å². The smallest absolute Gasteiger partial charge is 0.231 e. The van der Waals surface area contributed by atoms with E-state index in [1.807, 2.05) is 13.1 Å². The van der Waals surface area contributed by atoms with Crippen LogP contribution in [0.4, 0.5) is 0 Å². The summed E-state index contributed by atoms with van der Waals surface area (Å²) >= 11 is 0. The second kappa shape index (κ2) is 10.8. The largest absolute Gasteiger partial charge is 0.454 e. The molecule has 1 saturated heterocycles. The van der Waals surface area contributed by atoms with Gasteiger partial charge in [0.25, 0.3) is 0 Å². The van der Waals surface area contributed by atoms with Crippen molar-refractivity contribution >= 4 is 29.9 Å². The van der Waals surface area contributed by atoms with Gasteiger partial charge in [0.05, 0.1) is 0 Å². The Morgan fingerprint density at radius 3 is 2.88 bits per heavy atom. The molecule has 1 unspecified atom stereocenters. The van der Waals surface area contributed by atoms with E-state index in [4.69, 9.17) is 9.47 Å². The molecule has 0 spiro atoms. The maximum atomic E-state index is 5.43. The van der Waals surface area contributed by atoms with Gasteiger partial charge in [-0.1, -0.05) is 19.4 Å². The van der Waals surface area contributed by atoms with Gasteiger partial charge in [-0.3, -0.25) is 9.89 Å². The fraction of sp³-hybridized carbons (Fsp3) is 0.632. The number of nitrogens with one attached hydrogen (secondary N) is 2. The van der Waals surface area contributed by atoms with Crippen LogP contribution in [0.2, 0.25) is 0 Å². The van der Waals surface area contributed by atoms with E-state index in [1.165, 1.54) is 31.4 Å². The standard InChI is InChI=1S/C19H30N4O2.HI/c1-3-23-11-5-4-6-16(23)13-22-19(20-2)21-10-9-15-7-8-17-18(12-15)25-14-24-17;/h7-8,12,16H,3-6,9-11,13-14H2,1-2H3,(H2,20,21,22);1H. The molecular formula is C19H31IN4O2. The lowest BCUT2D eigenvalue weighted by Crippen LogP contribution is -2.49. The molecule has 1 aromatic carbocycles. The normalized spacial score (nSPS) is 19.8. The van der Waals surface area contributed by atoms with Gasteiger partial charge in [0.2, 0.25) is 6.79 Å². The Morgan fingerprint density at radius 2 is 2.08 bits per heavy atom. The number of halogens is 1. The summed E-state index contributed by atoms with van der Waals surface area (Å²) in [4.78, 5) is 6.91. The lowest BCUT2D eigenvalue weighted by Gasteiger charge is -2.35. The number of rotatable bonds is 6. The first kappa shape index (κ1) is 21.1. The quantitative estimate of drug-likeness (QED) is 0.377. The Balaban J connectivity index is 0.00000243. The second-order valence-electron chi connectivity index (χ2n) is 6.60. The van der Waals surface area contributed by atoms with E-state index in [9.17, 15) is 0 Å². The highest BCUT2D eigenvalue weighted by Gasteiger charge is 2.20. The van der Waals surface area contributed by atoms with Gasteiger partial charge in [0.1, 0.15) is 0 Å². The van der Waals surface area contributed by atoms with Gasteiger partial charge in [0, 0.05) is 26.2 Å². The molecule has 0 saturated carbocycles. The van der Waals surface area contributed by atoms with E-state index in [0.29, 0.717) is 12.8 Å². The van der Waals surface area contributed by atoms with Crippen molar-refractivity contribution in [2.45, 2.75) is 38.6 Å². The van der Waals surface area contributed by atoms with Crippen LogP contribution >= 0.6 is 24.0 Å². The van der Waals surface area contributed by atoms with Crippen LogP contribution in [0, 0.1) is 0 Å². The zero-order valence-electron chi connectivity index (χ0n) is 15.8. The number of likely N-dealkylation sites (N-methyl/N-ethyl adjacent to an activating group) is 1. The predicted molar refractivity (Wildman–Crippen MR) is 116 cm³/mol. The summed E-state index contributed by atoms with van der Waals surface area (Å²) in [5.41, 5.74) is 1.23. The highest BCUT2D eigenvalue weighted by molar-refractivity contribution is 14.0. The molecule has 1 fully saturated rings. The summed E-state index contributed by atoms with van der Waals surface area (Å²) in [6.45, 7) is 6.71. The van der Waals surface area contributed by atoms with Crippen LogP contribution in [-0.2, 0) is 6.42 Å². The van der Waals surface area contributed by atoms with E-state index < -0.39 is 0 Å². The van der Waals surface area contributed by atoms with Gasteiger partial charge >= 0.3 is 0 Å². The van der Waals surface area contributed by atoms with Crippen LogP contribution in [-0.4, -0.2) is 56.9 Å². The summed E-state index contributed by atoms with van der Waals surface area (Å²) in [6.07, 6.45) is 4.85. The molecule has 6 nitrogen and oxygen atoms in total. The molecule has 2 N–H and O–H groups in total. The molecule has 0 radical (unpaired) electrons. The van der Waals surface area contributed by atoms with E-state index >= 15 is 0 Å². The van der Waals surface area contributed by atoms with Gasteiger partial charge < -0.3 is 20.1 Å².